The van der Waals surface area contributed by atoms with Crippen LogP contribution in [0.1, 0.15) is 200 Å². The van der Waals surface area contributed by atoms with Crippen molar-refractivity contribution in [2.45, 2.75) is 206 Å². The summed E-state index contributed by atoms with van der Waals surface area (Å²) < 4.78 is 133. The molecule has 1 fully saturated rings. The number of carbonyl (C=O) groups excluding carboxylic acids is 4. The zero-order valence-corrected chi connectivity index (χ0v) is 77.7. The lowest BCUT2D eigenvalue weighted by atomic mass is 9.78. The molecule has 1 aliphatic carbocycles. The number of aliphatic carboxylic acids is 3. The molecule has 1 aliphatic rings. The van der Waals surface area contributed by atoms with Gasteiger partial charge < -0.3 is 140 Å². The van der Waals surface area contributed by atoms with Crippen LogP contribution in [0.5, 0.6) is 0 Å². The summed E-state index contributed by atoms with van der Waals surface area (Å²) in [5.74, 6) is -5.19. The van der Waals surface area contributed by atoms with Crippen molar-refractivity contribution in [1.82, 2.24) is 10.6 Å². The van der Waals surface area contributed by atoms with Crippen molar-refractivity contribution in [3.8, 4) is 0 Å². The number of ketones is 2. The van der Waals surface area contributed by atoms with Crippen LogP contribution in [0.2, 0.25) is 0 Å². The summed E-state index contributed by atoms with van der Waals surface area (Å²) in [6, 6.07) is -1.07. The molecule has 1 rings (SSSR count). The van der Waals surface area contributed by atoms with Crippen molar-refractivity contribution in [2.24, 2.45) is 17.8 Å². The fourth-order valence-corrected chi connectivity index (χ4v) is 12.8. The van der Waals surface area contributed by atoms with Gasteiger partial charge in [0.15, 0.2) is 5.78 Å². The number of nitrogens with one attached hydrogen (secondary N) is 2. The van der Waals surface area contributed by atoms with Gasteiger partial charge in [0.2, 0.25) is 11.8 Å². The Kier molecular flexibility index (Phi) is 94.3. The Bertz CT molecular complexity index is 2410. The molecule has 36 nitrogen and oxygen atoms in total. The fraction of sp³-hybridized carbons (Fsp3) is 0.923. The van der Waals surface area contributed by atoms with E-state index in [9.17, 15) is 43.8 Å². The average Bonchev–Trinajstić information content (AvgIpc) is 0.867. The lowest BCUT2D eigenvalue weighted by molar-refractivity contribution is -0.145. The average molecular weight is 1840 g/mol. The van der Waals surface area contributed by atoms with Crippen LogP contribution < -0.4 is 10.6 Å². The van der Waals surface area contributed by atoms with Crippen LogP contribution in [0.15, 0.2) is 0 Å². The molecule has 0 unspecified atom stereocenters. The Morgan fingerprint density at radius 1 is 0.260 bits per heavy atom. The third kappa shape index (κ3) is 92.0. The van der Waals surface area contributed by atoms with E-state index >= 15 is 0 Å². The maximum absolute atomic E-state index is 13.3. The summed E-state index contributed by atoms with van der Waals surface area (Å²) in [6.07, 6.45) is 22.3. The number of amides is 2. The summed E-state index contributed by atoms with van der Waals surface area (Å²) in [6.45, 7) is 24.8. The van der Waals surface area contributed by atoms with Gasteiger partial charge in [0.05, 0.1) is 316 Å². The van der Waals surface area contributed by atoms with Crippen LogP contribution >= 0.6 is 0 Å². The molecular formula is C91H170N2O34. The number of carboxylic acids is 3. The van der Waals surface area contributed by atoms with Crippen LogP contribution in [0.3, 0.4) is 0 Å². The zero-order chi connectivity index (χ0) is 91.6. The monoisotopic (exact) mass is 1840 g/mol. The number of ether oxygens (including phenoxy) is 24. The van der Waals surface area contributed by atoms with Crippen LogP contribution in [0.4, 0.5) is 0 Å². The minimum Gasteiger partial charge on any atom is -0.481 e. The fourth-order valence-electron chi connectivity index (χ4n) is 12.8. The van der Waals surface area contributed by atoms with Gasteiger partial charge in [0.25, 0.3) is 0 Å². The van der Waals surface area contributed by atoms with Gasteiger partial charge in [-0.25, -0.2) is 0 Å². The molecule has 0 aromatic carbocycles. The van der Waals surface area contributed by atoms with Crippen LogP contribution in [0, 0.1) is 17.8 Å². The summed E-state index contributed by atoms with van der Waals surface area (Å²) in [5.41, 5.74) is 0. The molecule has 0 aliphatic heterocycles. The van der Waals surface area contributed by atoms with E-state index in [4.69, 9.17) is 119 Å². The van der Waals surface area contributed by atoms with Gasteiger partial charge in [-0.15, -0.1) is 0 Å². The van der Waals surface area contributed by atoms with Crippen molar-refractivity contribution in [3.05, 3.63) is 0 Å². The van der Waals surface area contributed by atoms with E-state index in [0.29, 0.717) is 330 Å². The molecule has 0 bridgehead atoms. The first-order valence-electron chi connectivity index (χ1n) is 47.6. The maximum atomic E-state index is 13.3. The van der Waals surface area contributed by atoms with E-state index in [1.54, 1.807) is 0 Å². The second kappa shape index (κ2) is 99.2. The molecule has 0 aromatic rings. The molecule has 748 valence electrons. The SMILES string of the molecule is CCCOCCOCCOCCOCCOCCOCCOCCOCCOCCOCCOCCOCCOCCOCCOCCOCCOCCOCCOCCOCCOCCOCCOCCOCCCC(=O)[C@H](CCC(=O)O)NC(=O)CC[C@H](CC(=O)C1CCC(CNC(=O)CCCCCCCCCCCCCCCCCCC(=O)O)CC1)C(=O)O. The first-order chi connectivity index (χ1) is 62.4. The molecule has 0 heterocycles. The molecule has 0 spiro atoms. The van der Waals surface area contributed by atoms with Gasteiger partial charge in [0.1, 0.15) is 5.78 Å². The van der Waals surface area contributed by atoms with Gasteiger partial charge in [0, 0.05) is 64.2 Å². The van der Waals surface area contributed by atoms with Crippen molar-refractivity contribution >= 4 is 41.3 Å². The van der Waals surface area contributed by atoms with Crippen molar-refractivity contribution < 1.29 is 163 Å². The second-order valence-electron chi connectivity index (χ2n) is 30.6. The van der Waals surface area contributed by atoms with Crippen LogP contribution in [-0.4, -0.2) is 386 Å². The lowest BCUT2D eigenvalue weighted by Crippen LogP contribution is -2.41. The molecule has 1 saturated carbocycles. The number of unbranched alkanes of at least 4 members (excludes halogenated alkanes) is 15. The summed E-state index contributed by atoms with van der Waals surface area (Å²) >= 11 is 0. The number of hydrogen-bond donors (Lipinski definition) is 5. The van der Waals surface area contributed by atoms with E-state index < -0.39 is 35.8 Å². The first-order valence-corrected chi connectivity index (χ1v) is 47.6. The number of rotatable bonds is 108. The standard InChI is InChI=1S/C91H170N2O34/c1-2-31-104-33-35-106-37-39-108-41-43-110-45-47-112-49-51-114-53-55-116-57-59-118-61-63-120-65-67-122-69-71-124-73-75-126-77-78-127-76-74-125-72-70-123-68-66-121-64-62-119-60-58-117-56-54-115-52-50-113-48-46-111-44-42-109-40-38-107-36-34-105-32-19-20-85(94)84(28-30-90(100)101)93-88(97)29-27-83(91(102)103)79-86(95)82-25-23-81(24-26-82)80-92-87(96)21-17-15-13-11-9-7-5-3-4-6-8-10-12-14-16-18-22-89(98)99/h81-84H,2-80H2,1H3,(H,92,96)(H,93,97)(H,98,99)(H,100,101)(H,102,103)/t81?,82?,83-,84+/m1/s1. The second-order valence-corrected chi connectivity index (χ2v) is 30.6. The quantitative estimate of drug-likeness (QED) is 0.0354. The van der Waals surface area contributed by atoms with E-state index in [0.717, 1.165) is 64.4 Å². The summed E-state index contributed by atoms with van der Waals surface area (Å²) in [7, 11) is 0. The third-order valence-electron chi connectivity index (χ3n) is 19.9. The number of carboxylic acid groups (broad SMARTS) is 3. The predicted octanol–water partition coefficient (Wildman–Crippen LogP) is 8.96. The normalized spacial score (nSPS) is 14.0. The van der Waals surface area contributed by atoms with E-state index in [2.05, 4.69) is 17.6 Å². The third-order valence-corrected chi connectivity index (χ3v) is 19.9. The van der Waals surface area contributed by atoms with Crippen molar-refractivity contribution in [3.63, 3.8) is 0 Å². The number of Topliss-reactive ketones (excluding diaryl/α,β-unsaturated/α-hetero) is 2. The molecule has 5 N–H and O–H groups in total. The Balaban J connectivity index is 1.82. The topological polar surface area (TPSA) is 426 Å². The maximum Gasteiger partial charge on any atom is 0.306 e. The van der Waals surface area contributed by atoms with Gasteiger partial charge in [-0.05, 0) is 70.1 Å². The molecule has 0 saturated heterocycles. The Labute approximate surface area is 758 Å². The van der Waals surface area contributed by atoms with Gasteiger partial charge in [-0.3, -0.25) is 33.6 Å². The zero-order valence-electron chi connectivity index (χ0n) is 77.7. The predicted molar refractivity (Wildman–Crippen MR) is 472 cm³/mol. The number of hydrogen-bond acceptors (Lipinski definition) is 31. The first kappa shape index (κ1) is 121. The summed E-state index contributed by atoms with van der Waals surface area (Å²) in [4.78, 5) is 86.4. The van der Waals surface area contributed by atoms with Crippen molar-refractivity contribution in [2.75, 3.05) is 324 Å². The highest BCUT2D eigenvalue weighted by Crippen LogP contribution is 2.31. The Hall–Kier alpha value is -4.27. The molecule has 2 amide bonds. The highest BCUT2D eigenvalue weighted by atomic mass is 16.6. The van der Waals surface area contributed by atoms with E-state index in [1.807, 2.05) is 0 Å². The minimum absolute atomic E-state index is 0.0272. The van der Waals surface area contributed by atoms with Crippen LogP contribution in [-0.2, 0) is 147 Å². The molecule has 127 heavy (non-hydrogen) atoms. The van der Waals surface area contributed by atoms with Crippen LogP contribution in [0.25, 0.3) is 0 Å². The smallest absolute Gasteiger partial charge is 0.306 e. The molecule has 36 heteroatoms. The lowest BCUT2D eigenvalue weighted by Gasteiger charge is -2.28. The Morgan fingerprint density at radius 2 is 0.504 bits per heavy atom. The largest absolute Gasteiger partial charge is 0.481 e. The van der Waals surface area contributed by atoms with Gasteiger partial charge in [-0.2, -0.15) is 0 Å². The molecule has 0 radical (unpaired) electrons. The molecular weight excluding hydrogens is 1660 g/mol. The summed E-state index contributed by atoms with van der Waals surface area (Å²) in [5, 5.41) is 33.7. The van der Waals surface area contributed by atoms with E-state index in [-0.39, 0.29) is 87.5 Å². The highest BCUT2D eigenvalue weighted by Gasteiger charge is 2.31. The highest BCUT2D eigenvalue weighted by molar-refractivity contribution is 5.90. The van der Waals surface area contributed by atoms with Crippen molar-refractivity contribution in [1.29, 1.82) is 0 Å². The molecule has 2 atom stereocenters. The number of carbonyl (C=O) groups is 7. The van der Waals surface area contributed by atoms with Gasteiger partial charge >= 0.3 is 17.9 Å². The van der Waals surface area contributed by atoms with E-state index in [1.165, 1.54) is 64.2 Å². The van der Waals surface area contributed by atoms with Gasteiger partial charge in [-0.1, -0.05) is 96.8 Å². The molecule has 0 aromatic heterocycles. The Morgan fingerprint density at radius 3 is 0.756 bits per heavy atom. The minimum atomic E-state index is -1.19.